The molecule has 0 amide bonds. The first kappa shape index (κ1) is 15.1. The summed E-state index contributed by atoms with van der Waals surface area (Å²) >= 11 is 1.73. The second-order valence-corrected chi connectivity index (χ2v) is 5.15. The second kappa shape index (κ2) is 7.44. The molecule has 0 aliphatic carbocycles. The highest BCUT2D eigenvalue weighted by atomic mass is 32.2. The number of esters is 1. The number of rotatable bonds is 7. The van der Waals surface area contributed by atoms with Gasteiger partial charge in [0.1, 0.15) is 0 Å². The van der Waals surface area contributed by atoms with E-state index in [0.717, 1.165) is 11.3 Å². The molecule has 1 aromatic rings. The molecule has 0 saturated carbocycles. The van der Waals surface area contributed by atoms with Crippen LogP contribution in [0.3, 0.4) is 0 Å². The normalized spacial score (nSPS) is 13.9. The number of thioether (sulfide) groups is 1. The Labute approximate surface area is 113 Å². The van der Waals surface area contributed by atoms with E-state index < -0.39 is 5.54 Å². The van der Waals surface area contributed by atoms with Crippen LogP contribution in [0, 0.1) is 0 Å². The molecule has 18 heavy (non-hydrogen) atoms. The van der Waals surface area contributed by atoms with Crippen LogP contribution in [0.2, 0.25) is 0 Å². The SMILES string of the molecule is CCOC(=O)C(CSCC)(NC)c1ccccc1. The number of nitrogens with one attached hydrogen (secondary N) is 1. The Balaban J connectivity index is 3.09. The average molecular weight is 267 g/mol. The molecule has 0 heterocycles. The highest BCUT2D eigenvalue weighted by Crippen LogP contribution is 2.27. The highest BCUT2D eigenvalue weighted by molar-refractivity contribution is 7.99. The van der Waals surface area contributed by atoms with Crippen molar-refractivity contribution in [3.05, 3.63) is 35.9 Å². The van der Waals surface area contributed by atoms with Gasteiger partial charge in [-0.25, -0.2) is 4.79 Å². The fraction of sp³-hybridized carbons (Fsp3) is 0.500. The molecule has 1 aromatic carbocycles. The molecule has 0 fully saturated rings. The van der Waals surface area contributed by atoms with E-state index >= 15 is 0 Å². The Bertz CT molecular complexity index is 369. The summed E-state index contributed by atoms with van der Waals surface area (Å²) in [5.41, 5.74) is 0.199. The van der Waals surface area contributed by atoms with E-state index in [9.17, 15) is 4.79 Å². The van der Waals surface area contributed by atoms with Crippen LogP contribution in [-0.4, -0.2) is 31.1 Å². The number of benzene rings is 1. The lowest BCUT2D eigenvalue weighted by Gasteiger charge is -2.31. The van der Waals surface area contributed by atoms with Gasteiger partial charge in [-0.05, 0) is 25.3 Å². The highest BCUT2D eigenvalue weighted by Gasteiger charge is 2.39. The predicted molar refractivity (Wildman–Crippen MR) is 76.8 cm³/mol. The summed E-state index contributed by atoms with van der Waals surface area (Å²) in [4.78, 5) is 12.3. The lowest BCUT2D eigenvalue weighted by molar-refractivity contribution is -0.150. The zero-order valence-corrected chi connectivity index (χ0v) is 12.0. The maximum atomic E-state index is 12.3. The lowest BCUT2D eigenvalue weighted by atomic mass is 9.92. The number of carbonyl (C=O) groups is 1. The fourth-order valence-electron chi connectivity index (χ4n) is 1.81. The van der Waals surface area contributed by atoms with Crippen LogP contribution in [0.15, 0.2) is 30.3 Å². The Morgan fingerprint density at radius 2 is 2.00 bits per heavy atom. The first-order chi connectivity index (χ1) is 8.71. The lowest BCUT2D eigenvalue weighted by Crippen LogP contribution is -2.50. The minimum Gasteiger partial charge on any atom is -0.464 e. The minimum absolute atomic E-state index is 0.209. The number of carbonyl (C=O) groups excluding carboxylic acids is 1. The van der Waals surface area contributed by atoms with Crippen molar-refractivity contribution in [2.45, 2.75) is 19.4 Å². The van der Waals surface area contributed by atoms with Crippen molar-refractivity contribution >= 4 is 17.7 Å². The Morgan fingerprint density at radius 1 is 1.33 bits per heavy atom. The standard InChI is InChI=1S/C14H21NO2S/c1-4-17-13(16)14(15-3,11-18-5-2)12-9-7-6-8-10-12/h6-10,15H,4-5,11H2,1-3H3. The van der Waals surface area contributed by atoms with Gasteiger partial charge in [0, 0.05) is 5.75 Å². The minimum atomic E-state index is -0.752. The van der Waals surface area contributed by atoms with Gasteiger partial charge in [0.15, 0.2) is 5.54 Å². The van der Waals surface area contributed by atoms with E-state index in [1.807, 2.05) is 37.3 Å². The molecular formula is C14H21NO2S. The summed E-state index contributed by atoms with van der Waals surface area (Å²) in [6, 6.07) is 9.75. The van der Waals surface area contributed by atoms with Gasteiger partial charge in [0.05, 0.1) is 6.61 Å². The van der Waals surface area contributed by atoms with Gasteiger partial charge in [-0.15, -0.1) is 0 Å². The maximum absolute atomic E-state index is 12.3. The molecule has 3 nitrogen and oxygen atoms in total. The Kier molecular flexibility index (Phi) is 6.22. The van der Waals surface area contributed by atoms with Crippen LogP contribution in [0.25, 0.3) is 0 Å². The molecule has 1 unspecified atom stereocenters. The average Bonchev–Trinajstić information content (AvgIpc) is 2.42. The number of ether oxygens (including phenoxy) is 1. The van der Waals surface area contributed by atoms with Crippen LogP contribution in [0.4, 0.5) is 0 Å². The van der Waals surface area contributed by atoms with Crippen molar-refractivity contribution in [2.24, 2.45) is 0 Å². The quantitative estimate of drug-likeness (QED) is 0.770. The molecule has 100 valence electrons. The summed E-state index contributed by atoms with van der Waals surface area (Å²) in [6.07, 6.45) is 0. The van der Waals surface area contributed by atoms with Crippen molar-refractivity contribution < 1.29 is 9.53 Å². The first-order valence-corrected chi connectivity index (χ1v) is 7.36. The molecule has 0 aliphatic heterocycles. The van der Waals surface area contributed by atoms with Gasteiger partial charge >= 0.3 is 5.97 Å². The van der Waals surface area contributed by atoms with Crippen LogP contribution in [0.1, 0.15) is 19.4 Å². The summed E-state index contributed by atoms with van der Waals surface area (Å²) in [7, 11) is 1.81. The zero-order chi connectivity index (χ0) is 13.4. The third kappa shape index (κ3) is 3.27. The molecule has 0 aromatic heterocycles. The third-order valence-electron chi connectivity index (χ3n) is 2.84. The van der Waals surface area contributed by atoms with Crippen LogP contribution >= 0.6 is 11.8 Å². The molecule has 4 heteroatoms. The molecular weight excluding hydrogens is 246 g/mol. The number of hydrogen-bond acceptors (Lipinski definition) is 4. The van der Waals surface area contributed by atoms with E-state index in [1.165, 1.54) is 0 Å². The zero-order valence-electron chi connectivity index (χ0n) is 11.2. The molecule has 1 N–H and O–H groups in total. The molecule has 0 spiro atoms. The predicted octanol–water partition coefficient (Wildman–Crippen LogP) is 2.42. The molecule has 0 radical (unpaired) electrons. The van der Waals surface area contributed by atoms with Crippen molar-refractivity contribution in [1.82, 2.24) is 5.32 Å². The fourth-order valence-corrected chi connectivity index (χ4v) is 2.75. The summed E-state index contributed by atoms with van der Waals surface area (Å²) < 4.78 is 5.23. The van der Waals surface area contributed by atoms with E-state index in [4.69, 9.17) is 4.74 Å². The summed E-state index contributed by atoms with van der Waals surface area (Å²) in [6.45, 7) is 4.31. The van der Waals surface area contributed by atoms with Gasteiger partial charge in [-0.2, -0.15) is 11.8 Å². The summed E-state index contributed by atoms with van der Waals surface area (Å²) in [5, 5.41) is 3.16. The molecule has 0 bridgehead atoms. The van der Waals surface area contributed by atoms with Gasteiger partial charge in [0.2, 0.25) is 0 Å². The van der Waals surface area contributed by atoms with E-state index in [1.54, 1.807) is 18.8 Å². The molecule has 1 atom stereocenters. The third-order valence-corrected chi connectivity index (χ3v) is 3.89. The van der Waals surface area contributed by atoms with Crippen LogP contribution < -0.4 is 5.32 Å². The van der Waals surface area contributed by atoms with Gasteiger partial charge < -0.3 is 10.1 Å². The number of hydrogen-bond donors (Lipinski definition) is 1. The molecule has 0 saturated heterocycles. The Hall–Kier alpha value is -1.00. The van der Waals surface area contributed by atoms with E-state index in [2.05, 4.69) is 12.2 Å². The number of likely N-dealkylation sites (N-methyl/N-ethyl adjacent to an activating group) is 1. The van der Waals surface area contributed by atoms with E-state index in [0.29, 0.717) is 12.4 Å². The van der Waals surface area contributed by atoms with Crippen molar-refractivity contribution in [2.75, 3.05) is 25.2 Å². The van der Waals surface area contributed by atoms with E-state index in [-0.39, 0.29) is 5.97 Å². The van der Waals surface area contributed by atoms with Gasteiger partial charge in [-0.1, -0.05) is 37.3 Å². The summed E-state index contributed by atoms with van der Waals surface area (Å²) in [5.74, 6) is 1.43. The van der Waals surface area contributed by atoms with Crippen LogP contribution in [0.5, 0.6) is 0 Å². The molecule has 1 rings (SSSR count). The second-order valence-electron chi connectivity index (χ2n) is 3.88. The van der Waals surface area contributed by atoms with Crippen LogP contribution in [-0.2, 0) is 15.1 Å². The van der Waals surface area contributed by atoms with Gasteiger partial charge in [0.25, 0.3) is 0 Å². The topological polar surface area (TPSA) is 38.3 Å². The molecule has 0 aliphatic rings. The first-order valence-electron chi connectivity index (χ1n) is 6.20. The monoisotopic (exact) mass is 267 g/mol. The van der Waals surface area contributed by atoms with Crippen molar-refractivity contribution in [3.63, 3.8) is 0 Å². The van der Waals surface area contributed by atoms with Crippen molar-refractivity contribution in [3.8, 4) is 0 Å². The van der Waals surface area contributed by atoms with Crippen molar-refractivity contribution in [1.29, 1.82) is 0 Å². The maximum Gasteiger partial charge on any atom is 0.331 e. The van der Waals surface area contributed by atoms with Gasteiger partial charge in [-0.3, -0.25) is 0 Å². The Morgan fingerprint density at radius 3 is 2.50 bits per heavy atom. The largest absolute Gasteiger partial charge is 0.464 e. The smallest absolute Gasteiger partial charge is 0.331 e.